The summed E-state index contributed by atoms with van der Waals surface area (Å²) in [5.74, 6) is 0.246. The number of carboxylic acid groups (broad SMARTS) is 1. The molecule has 2 amide bonds. The minimum absolute atomic E-state index is 0.0218. The molecular formula is C20H30N6O5. The number of carbonyl (C=O) groups excluding carboxylic acids is 2. The van der Waals surface area contributed by atoms with Crippen LogP contribution in [0.4, 0.5) is 0 Å². The van der Waals surface area contributed by atoms with E-state index in [1.54, 1.807) is 9.42 Å². The summed E-state index contributed by atoms with van der Waals surface area (Å²) < 4.78 is 1.68. The van der Waals surface area contributed by atoms with E-state index in [-0.39, 0.29) is 31.1 Å². The molecule has 2 aromatic rings. The third-order valence-corrected chi connectivity index (χ3v) is 5.48. The average Bonchev–Trinajstić information content (AvgIpc) is 3.21. The number of aliphatic hydroxyl groups is 1. The van der Waals surface area contributed by atoms with Gasteiger partial charge in [0.15, 0.2) is 0 Å². The highest BCUT2D eigenvalue weighted by atomic mass is 16.3. The summed E-state index contributed by atoms with van der Waals surface area (Å²) in [4.78, 5) is 43.4. The number of hydrogen-bond donors (Lipinski definition) is 3. The van der Waals surface area contributed by atoms with Gasteiger partial charge in [-0.1, -0.05) is 6.92 Å². The lowest BCUT2D eigenvalue weighted by atomic mass is 9.90. The van der Waals surface area contributed by atoms with E-state index >= 15 is 0 Å². The van der Waals surface area contributed by atoms with E-state index in [2.05, 4.69) is 20.4 Å². The van der Waals surface area contributed by atoms with E-state index in [9.17, 15) is 14.7 Å². The molecule has 11 heteroatoms. The average molecular weight is 434 g/mol. The van der Waals surface area contributed by atoms with Crippen LogP contribution in [0.5, 0.6) is 0 Å². The highest BCUT2D eigenvalue weighted by Crippen LogP contribution is 2.23. The van der Waals surface area contributed by atoms with Gasteiger partial charge in [-0.3, -0.25) is 14.4 Å². The molecule has 3 rings (SSSR count). The number of nitrogens with zero attached hydrogens (tertiary/aromatic N) is 5. The first-order valence-electron chi connectivity index (χ1n) is 10.3. The van der Waals surface area contributed by atoms with Crippen molar-refractivity contribution in [3.8, 4) is 0 Å². The van der Waals surface area contributed by atoms with Gasteiger partial charge < -0.3 is 20.4 Å². The van der Waals surface area contributed by atoms with Gasteiger partial charge in [0.05, 0.1) is 0 Å². The van der Waals surface area contributed by atoms with Crippen LogP contribution in [0.15, 0.2) is 6.33 Å². The number of likely N-dealkylation sites (tertiary alicyclic amines) is 1. The van der Waals surface area contributed by atoms with Gasteiger partial charge in [0.25, 0.3) is 18.2 Å². The molecule has 1 fully saturated rings. The highest BCUT2D eigenvalue weighted by molar-refractivity contribution is 5.85. The summed E-state index contributed by atoms with van der Waals surface area (Å²) in [5.41, 5.74) is 1.42. The Bertz CT molecular complexity index is 920. The summed E-state index contributed by atoms with van der Waals surface area (Å²) in [5, 5.41) is 24.4. The molecule has 11 nitrogen and oxygen atoms in total. The van der Waals surface area contributed by atoms with Crippen LogP contribution in [-0.2, 0) is 20.8 Å². The number of carbonyl (C=O) groups is 3. The molecule has 1 aliphatic heterocycles. The maximum Gasteiger partial charge on any atom is 0.290 e. The summed E-state index contributed by atoms with van der Waals surface area (Å²) in [6.07, 6.45) is 3.73. The zero-order valence-corrected chi connectivity index (χ0v) is 18.2. The quantitative estimate of drug-likeness (QED) is 0.548. The fourth-order valence-corrected chi connectivity index (χ4v) is 3.66. The molecule has 1 saturated heterocycles. The number of piperidine rings is 1. The fourth-order valence-electron chi connectivity index (χ4n) is 3.66. The second-order valence-corrected chi connectivity index (χ2v) is 7.51. The maximum atomic E-state index is 12.6. The molecule has 0 spiro atoms. The maximum absolute atomic E-state index is 12.6. The lowest BCUT2D eigenvalue weighted by molar-refractivity contribution is -0.149. The Balaban J connectivity index is 0.00000107. The molecule has 0 radical (unpaired) electrons. The van der Waals surface area contributed by atoms with Crippen LogP contribution < -0.4 is 5.32 Å². The van der Waals surface area contributed by atoms with E-state index < -0.39 is 5.60 Å². The van der Waals surface area contributed by atoms with E-state index in [0.717, 1.165) is 23.4 Å². The number of aromatic nitrogens is 4. The van der Waals surface area contributed by atoms with Crippen molar-refractivity contribution in [3.05, 3.63) is 23.3 Å². The molecule has 170 valence electrons. The van der Waals surface area contributed by atoms with Crippen LogP contribution in [0.1, 0.15) is 49.6 Å². The molecule has 0 atom stereocenters. The Morgan fingerprint density at radius 3 is 2.55 bits per heavy atom. The number of fused-ring (bicyclic) bond motifs is 1. The molecule has 3 heterocycles. The molecule has 2 aromatic heterocycles. The van der Waals surface area contributed by atoms with Gasteiger partial charge in [-0.05, 0) is 32.3 Å². The van der Waals surface area contributed by atoms with Crippen molar-refractivity contribution < 1.29 is 24.6 Å². The number of rotatable bonds is 6. The molecule has 31 heavy (non-hydrogen) atoms. The van der Waals surface area contributed by atoms with Crippen molar-refractivity contribution in [1.82, 2.24) is 29.8 Å². The summed E-state index contributed by atoms with van der Waals surface area (Å²) in [6.45, 7) is 6.89. The van der Waals surface area contributed by atoms with Crippen molar-refractivity contribution in [3.63, 3.8) is 0 Å². The minimum atomic E-state index is -1.37. The van der Waals surface area contributed by atoms with Gasteiger partial charge in [-0.25, -0.2) is 9.50 Å². The van der Waals surface area contributed by atoms with Crippen LogP contribution in [0, 0.1) is 13.8 Å². The number of hydrogen-bond acceptors (Lipinski definition) is 7. The monoisotopic (exact) mass is 434 g/mol. The van der Waals surface area contributed by atoms with Crippen LogP contribution in [0.3, 0.4) is 0 Å². The van der Waals surface area contributed by atoms with Crippen molar-refractivity contribution in [1.29, 1.82) is 0 Å². The van der Waals surface area contributed by atoms with Gasteiger partial charge in [0, 0.05) is 50.3 Å². The molecule has 0 saturated carbocycles. The summed E-state index contributed by atoms with van der Waals surface area (Å²) >= 11 is 0. The minimum Gasteiger partial charge on any atom is -0.483 e. The lowest BCUT2D eigenvalue weighted by Crippen LogP contribution is -2.54. The summed E-state index contributed by atoms with van der Waals surface area (Å²) in [6, 6.07) is 0. The first-order chi connectivity index (χ1) is 14.8. The third kappa shape index (κ3) is 5.75. The second-order valence-electron chi connectivity index (χ2n) is 7.51. The van der Waals surface area contributed by atoms with Crippen LogP contribution >= 0.6 is 0 Å². The van der Waals surface area contributed by atoms with Gasteiger partial charge in [-0.2, -0.15) is 10.1 Å². The number of amides is 2. The van der Waals surface area contributed by atoms with Crippen molar-refractivity contribution in [2.45, 2.75) is 58.5 Å². The Morgan fingerprint density at radius 1 is 1.29 bits per heavy atom. The Hall–Kier alpha value is -3.08. The predicted molar refractivity (Wildman–Crippen MR) is 111 cm³/mol. The zero-order chi connectivity index (χ0) is 23.0. The van der Waals surface area contributed by atoms with Crippen molar-refractivity contribution >= 4 is 24.1 Å². The normalized spacial score (nSPS) is 15.2. The Kier molecular flexibility index (Phi) is 8.43. The molecule has 0 unspecified atom stereocenters. The van der Waals surface area contributed by atoms with Crippen molar-refractivity contribution in [2.24, 2.45) is 0 Å². The zero-order valence-electron chi connectivity index (χ0n) is 18.2. The van der Waals surface area contributed by atoms with E-state index in [1.165, 1.54) is 6.33 Å². The first-order valence-corrected chi connectivity index (χ1v) is 10.3. The van der Waals surface area contributed by atoms with Crippen LogP contribution in [-0.4, -0.2) is 78.2 Å². The molecule has 0 bridgehead atoms. The molecule has 0 aliphatic carbocycles. The van der Waals surface area contributed by atoms with Crippen LogP contribution in [0.2, 0.25) is 0 Å². The SMILES string of the molecule is CCCNC(=O)C1(O)CCN(C(=O)CCc2c(C)nc3ncnn3c2C)CC1.O=CO. The largest absolute Gasteiger partial charge is 0.483 e. The van der Waals surface area contributed by atoms with E-state index in [4.69, 9.17) is 9.90 Å². The number of aryl methyl sites for hydroxylation is 2. The van der Waals surface area contributed by atoms with Crippen LogP contribution in [0.25, 0.3) is 5.78 Å². The van der Waals surface area contributed by atoms with Crippen molar-refractivity contribution in [2.75, 3.05) is 19.6 Å². The Labute approximate surface area is 180 Å². The van der Waals surface area contributed by atoms with Gasteiger partial charge in [0.1, 0.15) is 11.9 Å². The molecule has 1 aliphatic rings. The van der Waals surface area contributed by atoms with Gasteiger partial charge >= 0.3 is 0 Å². The topological polar surface area (TPSA) is 150 Å². The standard InChI is InChI=1S/C19H28N6O3.CH2O2/c1-4-9-20-17(27)19(28)7-10-24(11-8-19)16(26)6-5-15-13(2)23-18-21-12-22-25(18)14(15)3;2-1-3/h12,28H,4-11H2,1-3H3,(H,20,27);1H,(H,2,3). The predicted octanol–water partition coefficient (Wildman–Crippen LogP) is 0.254. The molecule has 0 aromatic carbocycles. The second kappa shape index (κ2) is 10.8. The number of nitrogens with one attached hydrogen (secondary N) is 1. The van der Waals surface area contributed by atoms with Gasteiger partial charge in [-0.15, -0.1) is 0 Å². The highest BCUT2D eigenvalue weighted by Gasteiger charge is 2.40. The van der Waals surface area contributed by atoms with E-state index in [1.807, 2.05) is 20.8 Å². The molecule has 3 N–H and O–H groups in total. The third-order valence-electron chi connectivity index (χ3n) is 5.48. The first kappa shape index (κ1) is 24.2. The fraction of sp³-hybridized carbons (Fsp3) is 0.600. The molecular weight excluding hydrogens is 404 g/mol. The van der Waals surface area contributed by atoms with Gasteiger partial charge in [0.2, 0.25) is 5.91 Å². The summed E-state index contributed by atoms with van der Waals surface area (Å²) in [7, 11) is 0. The Morgan fingerprint density at radius 2 is 1.94 bits per heavy atom. The smallest absolute Gasteiger partial charge is 0.290 e. The lowest BCUT2D eigenvalue weighted by Gasteiger charge is -2.37. The van der Waals surface area contributed by atoms with E-state index in [0.29, 0.717) is 38.3 Å².